The van der Waals surface area contributed by atoms with Crippen molar-refractivity contribution >= 4 is 23.2 Å². The van der Waals surface area contributed by atoms with Crippen molar-refractivity contribution in [3.05, 3.63) is 62.1 Å². The highest BCUT2D eigenvalue weighted by Gasteiger charge is 2.08. The fourth-order valence-corrected chi connectivity index (χ4v) is 2.70. The van der Waals surface area contributed by atoms with E-state index in [1.165, 1.54) is 34.5 Å². The smallest absolute Gasteiger partial charge is 0.267 e. The second-order valence-electron chi connectivity index (χ2n) is 4.61. The molecule has 3 rings (SSSR count). The van der Waals surface area contributed by atoms with Crippen LogP contribution >= 0.6 is 11.8 Å². The van der Waals surface area contributed by atoms with Crippen molar-refractivity contribution < 1.29 is 4.92 Å². The van der Waals surface area contributed by atoms with Gasteiger partial charge in [-0.1, -0.05) is 23.9 Å². The third-order valence-electron chi connectivity index (χ3n) is 2.96. The number of aryl methyl sites for hydroxylation is 1. The van der Waals surface area contributed by atoms with Crippen molar-refractivity contribution in [2.75, 3.05) is 0 Å². The molecule has 1 N–H and O–H groups in total. The van der Waals surface area contributed by atoms with Crippen molar-refractivity contribution in [2.24, 2.45) is 0 Å². The first-order chi connectivity index (χ1) is 10.5. The SMILES string of the molecule is Cc1cc(=O)n2[nH]c(SCc3ccc([N+](=O)[O-])cc3)nc2n1. The van der Waals surface area contributed by atoms with Gasteiger partial charge < -0.3 is 0 Å². The molecule has 3 aromatic rings. The number of aromatic amines is 1. The second kappa shape index (κ2) is 5.60. The van der Waals surface area contributed by atoms with Gasteiger partial charge in [-0.05, 0) is 12.5 Å². The quantitative estimate of drug-likeness (QED) is 0.447. The fraction of sp³-hybridized carbons (Fsp3) is 0.154. The van der Waals surface area contributed by atoms with Crippen molar-refractivity contribution in [2.45, 2.75) is 17.8 Å². The largest absolute Gasteiger partial charge is 0.274 e. The molecule has 2 aromatic heterocycles. The number of nitro benzene ring substituents is 1. The minimum absolute atomic E-state index is 0.0590. The molecule has 0 saturated carbocycles. The number of fused-ring (bicyclic) bond motifs is 1. The summed E-state index contributed by atoms with van der Waals surface area (Å²) in [5.41, 5.74) is 1.39. The first-order valence-corrected chi connectivity index (χ1v) is 7.34. The predicted octanol–water partition coefficient (Wildman–Crippen LogP) is 1.93. The van der Waals surface area contributed by atoms with E-state index in [2.05, 4.69) is 15.1 Å². The van der Waals surface area contributed by atoms with Gasteiger partial charge in [-0.25, -0.2) is 4.98 Å². The highest BCUT2D eigenvalue weighted by atomic mass is 32.2. The van der Waals surface area contributed by atoms with Gasteiger partial charge in [0.2, 0.25) is 0 Å². The summed E-state index contributed by atoms with van der Waals surface area (Å²) in [4.78, 5) is 30.4. The van der Waals surface area contributed by atoms with E-state index in [0.717, 1.165) is 5.56 Å². The average molecular weight is 317 g/mol. The number of hydrogen-bond acceptors (Lipinski definition) is 6. The van der Waals surface area contributed by atoms with Crippen LogP contribution in [0, 0.1) is 17.0 Å². The normalized spacial score (nSPS) is 11.0. The molecule has 0 spiro atoms. The van der Waals surface area contributed by atoms with Crippen LogP contribution in [0.4, 0.5) is 5.69 Å². The van der Waals surface area contributed by atoms with E-state index in [1.54, 1.807) is 19.1 Å². The molecule has 0 saturated heterocycles. The monoisotopic (exact) mass is 317 g/mol. The van der Waals surface area contributed by atoms with Crippen LogP contribution in [0.25, 0.3) is 5.78 Å². The van der Waals surface area contributed by atoms with Gasteiger partial charge in [-0.15, -0.1) is 0 Å². The molecule has 0 aliphatic carbocycles. The van der Waals surface area contributed by atoms with Gasteiger partial charge in [0.1, 0.15) is 0 Å². The number of hydrogen-bond donors (Lipinski definition) is 1. The maximum absolute atomic E-state index is 11.8. The molecule has 0 radical (unpaired) electrons. The molecule has 2 heterocycles. The molecule has 0 fully saturated rings. The number of nitrogens with one attached hydrogen (secondary N) is 1. The Bertz CT molecular complexity index is 900. The van der Waals surface area contributed by atoms with Crippen LogP contribution < -0.4 is 5.56 Å². The Balaban J connectivity index is 1.77. The van der Waals surface area contributed by atoms with Crippen LogP contribution in [0.5, 0.6) is 0 Å². The molecule has 8 nitrogen and oxygen atoms in total. The summed E-state index contributed by atoms with van der Waals surface area (Å²) >= 11 is 1.39. The van der Waals surface area contributed by atoms with E-state index in [1.807, 2.05) is 0 Å². The predicted molar refractivity (Wildman–Crippen MR) is 81.0 cm³/mol. The van der Waals surface area contributed by atoms with Crippen LogP contribution in [-0.2, 0) is 5.75 Å². The van der Waals surface area contributed by atoms with Crippen LogP contribution in [0.2, 0.25) is 0 Å². The Labute approximate surface area is 128 Å². The van der Waals surface area contributed by atoms with E-state index in [9.17, 15) is 14.9 Å². The fourth-order valence-electron chi connectivity index (χ4n) is 1.90. The van der Waals surface area contributed by atoms with Crippen molar-refractivity contribution in [3.63, 3.8) is 0 Å². The zero-order valence-corrected chi connectivity index (χ0v) is 12.3. The Morgan fingerprint density at radius 2 is 2.05 bits per heavy atom. The van der Waals surface area contributed by atoms with Gasteiger partial charge in [0.15, 0.2) is 5.16 Å². The number of benzene rings is 1. The van der Waals surface area contributed by atoms with E-state index in [-0.39, 0.29) is 11.2 Å². The lowest BCUT2D eigenvalue weighted by atomic mass is 10.2. The number of aromatic nitrogens is 4. The molecule has 112 valence electrons. The lowest BCUT2D eigenvalue weighted by molar-refractivity contribution is -0.384. The van der Waals surface area contributed by atoms with E-state index in [0.29, 0.717) is 22.4 Å². The second-order valence-corrected chi connectivity index (χ2v) is 5.58. The summed E-state index contributed by atoms with van der Waals surface area (Å²) in [5, 5.41) is 14.0. The molecule has 1 aromatic carbocycles. The number of thioether (sulfide) groups is 1. The van der Waals surface area contributed by atoms with E-state index >= 15 is 0 Å². The molecular weight excluding hydrogens is 306 g/mol. The number of rotatable bonds is 4. The van der Waals surface area contributed by atoms with Crippen LogP contribution in [0.3, 0.4) is 0 Å². The summed E-state index contributed by atoms with van der Waals surface area (Å²) < 4.78 is 1.28. The summed E-state index contributed by atoms with van der Waals surface area (Å²) in [6.45, 7) is 1.74. The highest BCUT2D eigenvalue weighted by molar-refractivity contribution is 7.98. The molecule has 9 heteroatoms. The Morgan fingerprint density at radius 1 is 1.32 bits per heavy atom. The summed E-state index contributed by atoms with van der Waals surface area (Å²) in [6, 6.07) is 7.74. The van der Waals surface area contributed by atoms with E-state index < -0.39 is 4.92 Å². The molecule has 22 heavy (non-hydrogen) atoms. The summed E-state index contributed by atoms with van der Waals surface area (Å²) in [7, 11) is 0. The van der Waals surface area contributed by atoms with E-state index in [4.69, 9.17) is 0 Å². The number of nitrogens with zero attached hydrogens (tertiary/aromatic N) is 4. The molecule has 0 aliphatic heterocycles. The van der Waals surface area contributed by atoms with Gasteiger partial charge in [-0.2, -0.15) is 9.50 Å². The maximum Gasteiger partial charge on any atom is 0.274 e. The standard InChI is InChI=1S/C13H11N5O3S/c1-8-6-11(19)17-12(14-8)15-13(16-17)22-7-9-2-4-10(5-3-9)18(20)21/h2-6H,7H2,1H3,(H,14,15,16). The Morgan fingerprint density at radius 3 is 2.73 bits per heavy atom. The summed E-state index contributed by atoms with van der Waals surface area (Å²) in [5.74, 6) is 0.905. The first kappa shape index (κ1) is 14.3. The van der Waals surface area contributed by atoms with Gasteiger partial charge >= 0.3 is 0 Å². The van der Waals surface area contributed by atoms with Crippen LogP contribution in [0.15, 0.2) is 40.3 Å². The zero-order chi connectivity index (χ0) is 15.7. The molecule has 0 aliphatic rings. The highest BCUT2D eigenvalue weighted by Crippen LogP contribution is 2.21. The van der Waals surface area contributed by atoms with Crippen LogP contribution in [0.1, 0.15) is 11.3 Å². The van der Waals surface area contributed by atoms with Gasteiger partial charge in [0.05, 0.1) is 4.92 Å². The Kier molecular flexibility index (Phi) is 3.63. The third-order valence-corrected chi connectivity index (χ3v) is 3.89. The zero-order valence-electron chi connectivity index (χ0n) is 11.5. The minimum atomic E-state index is -0.434. The van der Waals surface area contributed by atoms with Crippen molar-refractivity contribution in [3.8, 4) is 0 Å². The minimum Gasteiger partial charge on any atom is -0.267 e. The summed E-state index contributed by atoms with van der Waals surface area (Å²) in [6.07, 6.45) is 0. The van der Waals surface area contributed by atoms with Gasteiger partial charge in [0, 0.05) is 29.6 Å². The maximum atomic E-state index is 11.8. The lowest BCUT2D eigenvalue weighted by Gasteiger charge is -1.98. The van der Waals surface area contributed by atoms with Gasteiger partial charge in [-0.3, -0.25) is 20.0 Å². The molecular formula is C13H11N5O3S. The molecule has 0 atom stereocenters. The molecule has 0 bridgehead atoms. The number of nitro groups is 1. The molecule has 0 unspecified atom stereocenters. The Hall–Kier alpha value is -2.68. The topological polar surface area (TPSA) is 106 Å². The number of non-ortho nitro benzene ring substituents is 1. The number of H-pyrrole nitrogens is 1. The lowest BCUT2D eigenvalue weighted by Crippen LogP contribution is -2.14. The molecule has 0 amide bonds. The van der Waals surface area contributed by atoms with Crippen molar-refractivity contribution in [1.82, 2.24) is 19.6 Å². The average Bonchev–Trinajstić information content (AvgIpc) is 2.89. The van der Waals surface area contributed by atoms with Crippen LogP contribution in [-0.4, -0.2) is 24.5 Å². The third kappa shape index (κ3) is 2.84. The van der Waals surface area contributed by atoms with Gasteiger partial charge in [0.25, 0.3) is 17.0 Å². The van der Waals surface area contributed by atoms with Crippen molar-refractivity contribution in [1.29, 1.82) is 0 Å². The first-order valence-electron chi connectivity index (χ1n) is 6.35.